The number of hydrogen-bond donors (Lipinski definition) is 2. The Bertz CT molecular complexity index is 678. The maximum absolute atomic E-state index is 13.6. The molecule has 112 valence electrons. The van der Waals surface area contributed by atoms with Crippen molar-refractivity contribution in [3.05, 3.63) is 35.3 Å². The number of carbonyl (C=O) groups is 2. The van der Waals surface area contributed by atoms with Gasteiger partial charge in [0, 0.05) is 23.9 Å². The second-order valence-electron chi connectivity index (χ2n) is 4.78. The number of benzene rings is 1. The molecular weight excluding hydrogens is 277 g/mol. The van der Waals surface area contributed by atoms with Crippen LogP contribution in [-0.2, 0) is 4.79 Å². The molecule has 1 heterocycles. The molecule has 0 aliphatic rings. The van der Waals surface area contributed by atoms with E-state index >= 15 is 0 Å². The number of carboxylic acids is 1. The number of halogens is 1. The highest BCUT2D eigenvalue weighted by Gasteiger charge is 2.18. The van der Waals surface area contributed by atoms with Crippen molar-refractivity contribution >= 4 is 22.8 Å². The Hall–Kier alpha value is -2.37. The molecule has 6 heteroatoms. The monoisotopic (exact) mass is 293 g/mol. The Morgan fingerprint density at radius 3 is 2.76 bits per heavy atom. The summed E-state index contributed by atoms with van der Waals surface area (Å²) in [6.45, 7) is 2.05. The average molecular weight is 293 g/mol. The fourth-order valence-corrected chi connectivity index (χ4v) is 2.11. The lowest BCUT2D eigenvalue weighted by atomic mass is 10.1. The molecule has 0 spiro atoms. The van der Waals surface area contributed by atoms with Crippen molar-refractivity contribution in [1.29, 1.82) is 0 Å². The smallest absolute Gasteiger partial charge is 0.303 e. The number of rotatable bonds is 6. The summed E-state index contributed by atoms with van der Waals surface area (Å²) in [6, 6.07) is 4.54. The van der Waals surface area contributed by atoms with Crippen LogP contribution < -0.4 is 5.32 Å². The van der Waals surface area contributed by atoms with Crippen LogP contribution in [0.2, 0.25) is 0 Å². The zero-order valence-corrected chi connectivity index (χ0v) is 11.6. The van der Waals surface area contributed by atoms with Crippen LogP contribution in [0.3, 0.4) is 0 Å². The number of carbonyl (C=O) groups excluding carboxylic acids is 1. The predicted octanol–water partition coefficient (Wildman–Crippen LogP) is 2.87. The number of fused-ring (bicyclic) bond motifs is 1. The highest BCUT2D eigenvalue weighted by atomic mass is 19.1. The minimum atomic E-state index is -0.857. The van der Waals surface area contributed by atoms with Crippen LogP contribution in [0.1, 0.15) is 35.4 Å². The number of para-hydroxylation sites is 1. The van der Waals surface area contributed by atoms with Gasteiger partial charge in [0.2, 0.25) is 0 Å². The topological polar surface area (TPSA) is 79.5 Å². The highest BCUT2D eigenvalue weighted by Crippen LogP contribution is 2.27. The van der Waals surface area contributed by atoms with E-state index in [4.69, 9.17) is 9.52 Å². The van der Waals surface area contributed by atoms with Crippen molar-refractivity contribution in [2.24, 2.45) is 0 Å². The number of aryl methyl sites for hydroxylation is 1. The molecule has 1 amide bonds. The zero-order chi connectivity index (χ0) is 15.4. The minimum Gasteiger partial charge on any atom is -0.481 e. The SMILES string of the molecule is Cc1c(C(=O)NCCCCC(=O)O)oc2c(F)cccc12. The molecule has 0 fully saturated rings. The quantitative estimate of drug-likeness (QED) is 0.803. The first-order chi connectivity index (χ1) is 10.0. The Kier molecular flexibility index (Phi) is 4.57. The molecule has 2 N–H and O–H groups in total. The lowest BCUT2D eigenvalue weighted by Crippen LogP contribution is -2.24. The summed E-state index contributed by atoms with van der Waals surface area (Å²) < 4.78 is 18.9. The molecule has 0 aliphatic carbocycles. The first kappa shape index (κ1) is 15.0. The van der Waals surface area contributed by atoms with Crippen LogP contribution in [0.4, 0.5) is 4.39 Å². The van der Waals surface area contributed by atoms with Crippen molar-refractivity contribution in [2.75, 3.05) is 6.54 Å². The molecule has 0 bridgehead atoms. The van der Waals surface area contributed by atoms with E-state index in [9.17, 15) is 14.0 Å². The summed E-state index contributed by atoms with van der Waals surface area (Å²) in [4.78, 5) is 22.4. The van der Waals surface area contributed by atoms with Crippen LogP contribution in [0.25, 0.3) is 11.0 Å². The standard InChI is InChI=1S/C15H16FNO4/c1-9-10-5-4-6-11(16)14(10)21-13(9)15(20)17-8-3-2-7-12(18)19/h4-6H,2-3,7-8H2,1H3,(H,17,20)(H,18,19). The Morgan fingerprint density at radius 1 is 1.33 bits per heavy atom. The summed E-state index contributed by atoms with van der Waals surface area (Å²) in [5.74, 6) is -1.69. The summed E-state index contributed by atoms with van der Waals surface area (Å²) in [7, 11) is 0. The van der Waals surface area contributed by atoms with Gasteiger partial charge in [0.15, 0.2) is 17.2 Å². The molecule has 0 saturated heterocycles. The summed E-state index contributed by atoms with van der Waals surface area (Å²) in [5.41, 5.74) is 0.665. The lowest BCUT2D eigenvalue weighted by Gasteiger charge is -2.02. The molecule has 2 aromatic rings. The van der Waals surface area contributed by atoms with Gasteiger partial charge in [-0.3, -0.25) is 9.59 Å². The third-order valence-corrected chi connectivity index (χ3v) is 3.22. The van der Waals surface area contributed by atoms with Gasteiger partial charge >= 0.3 is 5.97 Å². The molecule has 1 aromatic heterocycles. The van der Waals surface area contributed by atoms with E-state index in [-0.39, 0.29) is 17.8 Å². The first-order valence-corrected chi connectivity index (χ1v) is 6.68. The Labute approximate surface area is 120 Å². The number of furan rings is 1. The minimum absolute atomic E-state index is 0.0742. The second kappa shape index (κ2) is 6.39. The molecule has 5 nitrogen and oxygen atoms in total. The number of nitrogens with one attached hydrogen (secondary N) is 1. The van der Waals surface area contributed by atoms with Crippen LogP contribution in [-0.4, -0.2) is 23.5 Å². The van der Waals surface area contributed by atoms with Gasteiger partial charge in [-0.05, 0) is 25.8 Å². The van der Waals surface area contributed by atoms with Crippen molar-refractivity contribution in [3.63, 3.8) is 0 Å². The van der Waals surface area contributed by atoms with Gasteiger partial charge in [-0.25, -0.2) is 4.39 Å². The van der Waals surface area contributed by atoms with Gasteiger partial charge in [-0.2, -0.15) is 0 Å². The molecule has 0 atom stereocenters. The van der Waals surface area contributed by atoms with Crippen LogP contribution in [0.5, 0.6) is 0 Å². The Balaban J connectivity index is 2.01. The van der Waals surface area contributed by atoms with Crippen molar-refractivity contribution < 1.29 is 23.5 Å². The lowest BCUT2D eigenvalue weighted by molar-refractivity contribution is -0.137. The third kappa shape index (κ3) is 3.39. The predicted molar refractivity (Wildman–Crippen MR) is 74.7 cm³/mol. The number of amides is 1. The van der Waals surface area contributed by atoms with E-state index in [1.807, 2.05) is 0 Å². The Morgan fingerprint density at radius 2 is 2.10 bits per heavy atom. The second-order valence-corrected chi connectivity index (χ2v) is 4.78. The molecular formula is C15H16FNO4. The summed E-state index contributed by atoms with van der Waals surface area (Å²) in [6.07, 6.45) is 1.12. The maximum Gasteiger partial charge on any atom is 0.303 e. The molecule has 21 heavy (non-hydrogen) atoms. The van der Waals surface area contributed by atoms with Crippen molar-refractivity contribution in [2.45, 2.75) is 26.2 Å². The van der Waals surface area contributed by atoms with Gasteiger partial charge in [0.05, 0.1) is 0 Å². The van der Waals surface area contributed by atoms with E-state index in [1.54, 1.807) is 19.1 Å². The molecule has 0 aliphatic heterocycles. The number of hydrogen-bond acceptors (Lipinski definition) is 3. The third-order valence-electron chi connectivity index (χ3n) is 3.22. The van der Waals surface area contributed by atoms with Crippen LogP contribution in [0.15, 0.2) is 22.6 Å². The summed E-state index contributed by atoms with van der Waals surface area (Å²) in [5, 5.41) is 11.7. The van der Waals surface area contributed by atoms with E-state index in [2.05, 4.69) is 5.32 Å². The molecule has 0 radical (unpaired) electrons. The largest absolute Gasteiger partial charge is 0.481 e. The van der Waals surface area contributed by atoms with Gasteiger partial charge in [0.25, 0.3) is 5.91 Å². The maximum atomic E-state index is 13.6. The van der Waals surface area contributed by atoms with Gasteiger partial charge < -0.3 is 14.8 Å². The van der Waals surface area contributed by atoms with E-state index in [0.717, 1.165) is 0 Å². The highest BCUT2D eigenvalue weighted by molar-refractivity contribution is 5.98. The number of unbranched alkanes of at least 4 members (excludes halogenated alkanes) is 1. The summed E-state index contributed by atoms with van der Waals surface area (Å²) >= 11 is 0. The molecule has 1 aromatic carbocycles. The first-order valence-electron chi connectivity index (χ1n) is 6.68. The van der Waals surface area contributed by atoms with Crippen LogP contribution >= 0.6 is 0 Å². The fraction of sp³-hybridized carbons (Fsp3) is 0.333. The normalized spacial score (nSPS) is 10.8. The molecule has 0 saturated carbocycles. The van der Waals surface area contributed by atoms with Crippen molar-refractivity contribution in [3.8, 4) is 0 Å². The van der Waals surface area contributed by atoms with Gasteiger partial charge in [0.1, 0.15) is 0 Å². The van der Waals surface area contributed by atoms with E-state index in [0.29, 0.717) is 30.3 Å². The van der Waals surface area contributed by atoms with E-state index < -0.39 is 17.7 Å². The number of carboxylic acid groups (broad SMARTS) is 1. The van der Waals surface area contributed by atoms with Crippen molar-refractivity contribution in [1.82, 2.24) is 5.32 Å². The zero-order valence-electron chi connectivity index (χ0n) is 11.6. The van der Waals surface area contributed by atoms with Gasteiger partial charge in [-0.15, -0.1) is 0 Å². The van der Waals surface area contributed by atoms with E-state index in [1.165, 1.54) is 6.07 Å². The van der Waals surface area contributed by atoms with Crippen LogP contribution in [0, 0.1) is 12.7 Å². The molecule has 0 unspecified atom stereocenters. The number of aliphatic carboxylic acids is 1. The fourth-order valence-electron chi connectivity index (χ4n) is 2.11. The molecule has 2 rings (SSSR count). The average Bonchev–Trinajstić information content (AvgIpc) is 2.77. The van der Waals surface area contributed by atoms with Gasteiger partial charge in [-0.1, -0.05) is 12.1 Å².